The number of hydrogen-bond acceptors (Lipinski definition) is 4. The Bertz CT molecular complexity index is 715. The molecule has 0 aromatic heterocycles. The van der Waals surface area contributed by atoms with Crippen LogP contribution in [0.3, 0.4) is 0 Å². The predicted octanol–water partition coefficient (Wildman–Crippen LogP) is 4.76. The third-order valence-corrected chi connectivity index (χ3v) is 4.50. The van der Waals surface area contributed by atoms with E-state index in [1.54, 1.807) is 18.3 Å². The van der Waals surface area contributed by atoms with Crippen LogP contribution in [0.2, 0.25) is 5.02 Å². The lowest BCUT2D eigenvalue weighted by atomic mass is 10.2. The van der Waals surface area contributed by atoms with Crippen molar-refractivity contribution in [1.82, 2.24) is 5.43 Å². The summed E-state index contributed by atoms with van der Waals surface area (Å²) < 4.78 is 5.58. The molecule has 0 bridgehead atoms. The van der Waals surface area contributed by atoms with Gasteiger partial charge in [-0.25, -0.2) is 5.43 Å². The monoisotopic (exact) mass is 376 g/mol. The molecular weight excluding hydrogens is 356 g/mol. The molecule has 2 rings (SSSR count). The summed E-state index contributed by atoms with van der Waals surface area (Å²) in [6.45, 7) is 5.80. The summed E-state index contributed by atoms with van der Waals surface area (Å²) in [4.78, 5) is 13.1. The molecule has 0 fully saturated rings. The van der Waals surface area contributed by atoms with Gasteiger partial charge in [-0.15, -0.1) is 11.8 Å². The zero-order valence-corrected chi connectivity index (χ0v) is 16.0. The molecule has 1 N–H and O–H groups in total. The molecule has 6 heteroatoms. The van der Waals surface area contributed by atoms with Gasteiger partial charge in [-0.1, -0.05) is 11.6 Å². The molecule has 2 aromatic rings. The average Bonchev–Trinajstić information content (AvgIpc) is 2.58. The Morgan fingerprint density at radius 2 is 1.76 bits per heavy atom. The quantitative estimate of drug-likeness (QED) is 0.430. The summed E-state index contributed by atoms with van der Waals surface area (Å²) in [5, 5.41) is 4.42. The smallest absolute Gasteiger partial charge is 0.253 e. The van der Waals surface area contributed by atoms with Crippen LogP contribution < -0.4 is 10.2 Å². The van der Waals surface area contributed by atoms with Crippen molar-refractivity contribution < 1.29 is 9.53 Å². The maximum atomic E-state index is 12.1. The Labute approximate surface area is 157 Å². The second-order valence-corrected chi connectivity index (χ2v) is 7.53. The van der Waals surface area contributed by atoms with E-state index in [9.17, 15) is 4.79 Å². The van der Waals surface area contributed by atoms with Crippen LogP contribution in [0.25, 0.3) is 0 Å². The highest BCUT2D eigenvalue weighted by molar-refractivity contribution is 8.00. The van der Waals surface area contributed by atoms with Gasteiger partial charge in [0.2, 0.25) is 0 Å². The maximum Gasteiger partial charge on any atom is 0.253 e. The molecule has 25 heavy (non-hydrogen) atoms. The largest absolute Gasteiger partial charge is 0.491 e. The Balaban J connectivity index is 1.83. The summed E-state index contributed by atoms with van der Waals surface area (Å²) in [5.74, 6) is 0.653. The van der Waals surface area contributed by atoms with Crippen LogP contribution in [-0.2, 0) is 4.79 Å². The third kappa shape index (κ3) is 6.80. The van der Waals surface area contributed by atoms with E-state index in [1.165, 1.54) is 11.8 Å². The normalized spacial score (nSPS) is 12.4. The van der Waals surface area contributed by atoms with Gasteiger partial charge in [-0.2, -0.15) is 5.10 Å². The standard InChI is InChI=1S/C19H21ClN2O2S/c1-13(2)24-17-8-4-15(5-9-17)12-21-22-19(23)14(3)25-18-10-6-16(20)7-11-18/h4-14H,1-3H3,(H,22,23)/b21-12-/t14-/m1/s1. The van der Waals surface area contributed by atoms with Gasteiger partial charge in [0.1, 0.15) is 5.75 Å². The molecule has 0 saturated carbocycles. The zero-order valence-electron chi connectivity index (χ0n) is 14.4. The number of hydrogen-bond donors (Lipinski definition) is 1. The van der Waals surface area contributed by atoms with E-state index in [0.717, 1.165) is 16.2 Å². The van der Waals surface area contributed by atoms with Crippen molar-refractivity contribution >= 4 is 35.5 Å². The zero-order chi connectivity index (χ0) is 18.2. The molecule has 0 radical (unpaired) electrons. The number of rotatable bonds is 7. The highest BCUT2D eigenvalue weighted by Crippen LogP contribution is 2.24. The summed E-state index contributed by atoms with van der Waals surface area (Å²) in [5.41, 5.74) is 3.45. The van der Waals surface area contributed by atoms with E-state index in [0.29, 0.717) is 5.02 Å². The number of nitrogens with zero attached hydrogens (tertiary/aromatic N) is 1. The van der Waals surface area contributed by atoms with E-state index < -0.39 is 0 Å². The van der Waals surface area contributed by atoms with E-state index >= 15 is 0 Å². The molecule has 0 aliphatic carbocycles. The molecule has 4 nitrogen and oxygen atoms in total. The summed E-state index contributed by atoms with van der Waals surface area (Å²) in [6, 6.07) is 14.9. The lowest BCUT2D eigenvalue weighted by Crippen LogP contribution is -2.26. The molecule has 0 aliphatic heterocycles. The van der Waals surface area contributed by atoms with Gasteiger partial charge in [0.15, 0.2) is 0 Å². The molecule has 0 heterocycles. The Morgan fingerprint density at radius 3 is 2.36 bits per heavy atom. The Hall–Kier alpha value is -1.98. The van der Waals surface area contributed by atoms with Gasteiger partial charge in [-0.05, 0) is 74.9 Å². The topological polar surface area (TPSA) is 50.7 Å². The van der Waals surface area contributed by atoms with Crippen LogP contribution in [0.5, 0.6) is 5.75 Å². The van der Waals surface area contributed by atoms with Crippen molar-refractivity contribution in [2.75, 3.05) is 0 Å². The van der Waals surface area contributed by atoms with Crippen molar-refractivity contribution in [3.63, 3.8) is 0 Å². The van der Waals surface area contributed by atoms with E-state index in [2.05, 4.69) is 10.5 Å². The second-order valence-electron chi connectivity index (χ2n) is 5.68. The van der Waals surface area contributed by atoms with E-state index in [4.69, 9.17) is 16.3 Å². The van der Waals surface area contributed by atoms with Gasteiger partial charge in [0.05, 0.1) is 17.6 Å². The van der Waals surface area contributed by atoms with Crippen LogP contribution in [0.4, 0.5) is 0 Å². The molecule has 0 spiro atoms. The first-order valence-corrected chi connectivity index (χ1v) is 9.21. The Morgan fingerprint density at radius 1 is 1.12 bits per heavy atom. The number of thioether (sulfide) groups is 1. The van der Waals surface area contributed by atoms with Crippen molar-refractivity contribution in [3.8, 4) is 5.75 Å². The molecule has 2 aromatic carbocycles. The summed E-state index contributed by atoms with van der Waals surface area (Å²) >= 11 is 7.31. The number of ether oxygens (including phenoxy) is 1. The fourth-order valence-corrected chi connectivity index (χ4v) is 2.92. The van der Waals surface area contributed by atoms with Gasteiger partial charge >= 0.3 is 0 Å². The molecule has 0 aliphatic rings. The van der Waals surface area contributed by atoms with Crippen molar-refractivity contribution in [2.24, 2.45) is 5.10 Å². The highest BCUT2D eigenvalue weighted by atomic mass is 35.5. The number of hydrazone groups is 1. The van der Waals surface area contributed by atoms with Crippen LogP contribution in [0.15, 0.2) is 58.5 Å². The van der Waals surface area contributed by atoms with Crippen LogP contribution in [0, 0.1) is 0 Å². The summed E-state index contributed by atoms with van der Waals surface area (Å²) in [7, 11) is 0. The third-order valence-electron chi connectivity index (χ3n) is 3.14. The van der Waals surface area contributed by atoms with Crippen molar-refractivity contribution in [2.45, 2.75) is 37.0 Å². The van der Waals surface area contributed by atoms with Gasteiger partial charge in [0, 0.05) is 9.92 Å². The van der Waals surface area contributed by atoms with E-state index in [1.807, 2.05) is 57.2 Å². The summed E-state index contributed by atoms with van der Waals surface area (Å²) in [6.07, 6.45) is 1.75. The minimum atomic E-state index is -0.264. The van der Waals surface area contributed by atoms with Gasteiger partial charge < -0.3 is 4.74 Å². The first kappa shape index (κ1) is 19.3. The average molecular weight is 377 g/mol. The van der Waals surface area contributed by atoms with E-state index in [-0.39, 0.29) is 17.3 Å². The number of amides is 1. The fourth-order valence-electron chi connectivity index (χ4n) is 1.94. The molecule has 0 unspecified atom stereocenters. The van der Waals surface area contributed by atoms with Gasteiger partial charge in [0.25, 0.3) is 5.91 Å². The lowest BCUT2D eigenvalue weighted by molar-refractivity contribution is -0.120. The first-order valence-electron chi connectivity index (χ1n) is 7.96. The lowest BCUT2D eigenvalue weighted by Gasteiger charge is -2.10. The number of benzene rings is 2. The van der Waals surface area contributed by atoms with Crippen molar-refractivity contribution in [3.05, 3.63) is 59.1 Å². The Kier molecular flexibility index (Phi) is 7.34. The van der Waals surface area contributed by atoms with Crippen LogP contribution >= 0.6 is 23.4 Å². The fraction of sp³-hybridized carbons (Fsp3) is 0.263. The number of carbonyl (C=O) groups excluding carboxylic acids is 1. The molecule has 1 amide bonds. The number of nitrogens with one attached hydrogen (secondary N) is 1. The SMILES string of the molecule is CC(C)Oc1ccc(/C=N\NC(=O)[C@@H](C)Sc2ccc(Cl)cc2)cc1. The van der Waals surface area contributed by atoms with Crippen LogP contribution in [0.1, 0.15) is 26.3 Å². The molecule has 132 valence electrons. The van der Waals surface area contributed by atoms with Crippen molar-refractivity contribution in [1.29, 1.82) is 0 Å². The minimum Gasteiger partial charge on any atom is -0.491 e. The number of halogens is 1. The maximum absolute atomic E-state index is 12.1. The predicted molar refractivity (Wildman–Crippen MR) is 105 cm³/mol. The highest BCUT2D eigenvalue weighted by Gasteiger charge is 2.13. The van der Waals surface area contributed by atoms with Gasteiger partial charge in [-0.3, -0.25) is 4.79 Å². The minimum absolute atomic E-state index is 0.137. The first-order chi connectivity index (χ1) is 11.9. The van der Waals surface area contributed by atoms with Crippen LogP contribution in [-0.4, -0.2) is 23.5 Å². The second kappa shape index (κ2) is 9.49. The number of carbonyl (C=O) groups is 1. The molecular formula is C19H21ClN2O2S. The molecule has 1 atom stereocenters. The molecule has 0 saturated heterocycles.